The molecule has 0 aromatic carbocycles. The van der Waals surface area contributed by atoms with E-state index in [1.807, 2.05) is 0 Å². The van der Waals surface area contributed by atoms with E-state index in [0.29, 0.717) is 12.5 Å². The van der Waals surface area contributed by atoms with Crippen molar-refractivity contribution in [2.24, 2.45) is 11.8 Å². The second-order valence-corrected chi connectivity index (χ2v) is 7.68. The Morgan fingerprint density at radius 3 is 2.17 bits per heavy atom. The van der Waals surface area contributed by atoms with Crippen LogP contribution in [-0.4, -0.2) is 53.5 Å². The van der Waals surface area contributed by atoms with Crippen molar-refractivity contribution in [2.75, 3.05) is 13.7 Å². The molecule has 0 radical (unpaired) electrons. The van der Waals surface area contributed by atoms with Crippen LogP contribution in [0.3, 0.4) is 0 Å². The van der Waals surface area contributed by atoms with Gasteiger partial charge in [0.15, 0.2) is 0 Å². The maximum Gasteiger partial charge on any atom is 0.411 e. The van der Waals surface area contributed by atoms with Crippen molar-refractivity contribution < 1.29 is 24.2 Å². The fourth-order valence-electron chi connectivity index (χ4n) is 3.90. The summed E-state index contributed by atoms with van der Waals surface area (Å²) in [4.78, 5) is 25.5. The number of hydrogen-bond donors (Lipinski definition) is 1. The van der Waals surface area contributed by atoms with Crippen LogP contribution >= 0.6 is 0 Å². The molecule has 0 spiro atoms. The van der Waals surface area contributed by atoms with E-state index in [4.69, 9.17) is 9.47 Å². The van der Waals surface area contributed by atoms with Crippen molar-refractivity contribution in [2.45, 2.75) is 70.6 Å². The first-order valence-corrected chi connectivity index (χ1v) is 8.48. The Morgan fingerprint density at radius 2 is 1.70 bits per heavy atom. The molecular formula is C17H29NO5. The topological polar surface area (TPSA) is 76.1 Å². The van der Waals surface area contributed by atoms with Crippen LogP contribution in [0.25, 0.3) is 0 Å². The van der Waals surface area contributed by atoms with Gasteiger partial charge in [-0.2, -0.15) is 0 Å². The number of carbonyl (C=O) groups excluding carboxylic acids is 1. The molecule has 2 aliphatic rings. The summed E-state index contributed by atoms with van der Waals surface area (Å²) in [5.41, 5.74) is -0.616. The largest absolute Gasteiger partial charge is 0.480 e. The molecule has 23 heavy (non-hydrogen) atoms. The number of ether oxygens (including phenoxy) is 2. The minimum absolute atomic E-state index is 0.0119. The number of carbonyl (C=O) groups is 2. The lowest BCUT2D eigenvalue weighted by atomic mass is 9.76. The number of rotatable bonds is 3. The number of aliphatic carboxylic acids is 1. The predicted octanol–water partition coefficient (Wildman–Crippen LogP) is 2.90. The number of likely N-dealkylation sites (tertiary alicyclic amines) is 1. The van der Waals surface area contributed by atoms with E-state index in [-0.39, 0.29) is 12.0 Å². The van der Waals surface area contributed by atoms with E-state index in [1.165, 1.54) is 4.90 Å². The molecule has 1 saturated heterocycles. The monoisotopic (exact) mass is 327 g/mol. The Kier molecular flexibility index (Phi) is 5.55. The Hall–Kier alpha value is -1.30. The standard InChI is InChI=1S/C17H29NO5/c1-17(2,3)23-16(21)18-10-9-13(14(18)15(19)20)11-5-7-12(22-4)8-6-11/h11-14H,5-10H2,1-4H3,(H,19,20)/t11?,12?,13-,14-/m0/s1. The minimum Gasteiger partial charge on any atom is -0.480 e. The molecule has 0 unspecified atom stereocenters. The van der Waals surface area contributed by atoms with Crippen LogP contribution in [0, 0.1) is 11.8 Å². The van der Waals surface area contributed by atoms with Gasteiger partial charge in [0.05, 0.1) is 6.10 Å². The van der Waals surface area contributed by atoms with E-state index in [1.54, 1.807) is 27.9 Å². The quantitative estimate of drug-likeness (QED) is 0.862. The van der Waals surface area contributed by atoms with Gasteiger partial charge in [-0.25, -0.2) is 9.59 Å². The summed E-state index contributed by atoms with van der Waals surface area (Å²) in [6.45, 7) is 5.83. The lowest BCUT2D eigenvalue weighted by molar-refractivity contribution is -0.144. The van der Waals surface area contributed by atoms with Gasteiger partial charge in [0.25, 0.3) is 0 Å². The first kappa shape index (κ1) is 18.0. The normalized spacial score (nSPS) is 31.9. The van der Waals surface area contributed by atoms with E-state index >= 15 is 0 Å². The second kappa shape index (κ2) is 7.07. The predicted molar refractivity (Wildman–Crippen MR) is 85.2 cm³/mol. The van der Waals surface area contributed by atoms with Gasteiger partial charge in [-0.1, -0.05) is 0 Å². The van der Waals surface area contributed by atoms with Gasteiger partial charge in [-0.3, -0.25) is 4.90 Å². The van der Waals surface area contributed by atoms with Crippen LogP contribution in [0.2, 0.25) is 0 Å². The van der Waals surface area contributed by atoms with Crippen molar-refractivity contribution in [3.05, 3.63) is 0 Å². The molecule has 6 heteroatoms. The molecule has 2 atom stereocenters. The second-order valence-electron chi connectivity index (χ2n) is 7.68. The van der Waals surface area contributed by atoms with Gasteiger partial charge in [-0.05, 0) is 64.7 Å². The summed E-state index contributed by atoms with van der Waals surface area (Å²) < 4.78 is 10.8. The molecule has 0 aromatic rings. The zero-order valence-corrected chi connectivity index (χ0v) is 14.6. The van der Waals surface area contributed by atoms with Gasteiger partial charge in [0.1, 0.15) is 11.6 Å². The van der Waals surface area contributed by atoms with Crippen LogP contribution in [0.4, 0.5) is 4.79 Å². The smallest absolute Gasteiger partial charge is 0.411 e. The lowest BCUT2D eigenvalue weighted by Crippen LogP contribution is -2.47. The van der Waals surface area contributed by atoms with Crippen molar-refractivity contribution in [1.29, 1.82) is 0 Å². The number of carboxylic acid groups (broad SMARTS) is 1. The maximum absolute atomic E-state index is 12.3. The van der Waals surface area contributed by atoms with Gasteiger partial charge >= 0.3 is 12.1 Å². The molecule has 2 rings (SSSR count). The number of amides is 1. The Morgan fingerprint density at radius 1 is 1.09 bits per heavy atom. The van der Waals surface area contributed by atoms with Gasteiger partial charge in [0.2, 0.25) is 0 Å². The molecule has 1 N–H and O–H groups in total. The molecule has 132 valence electrons. The highest BCUT2D eigenvalue weighted by atomic mass is 16.6. The Labute approximate surface area is 138 Å². The summed E-state index contributed by atoms with van der Waals surface area (Å²) in [5, 5.41) is 9.66. The molecule has 0 bridgehead atoms. The molecule has 2 fully saturated rings. The van der Waals surface area contributed by atoms with Crippen molar-refractivity contribution in [1.82, 2.24) is 4.90 Å². The molecule has 1 amide bonds. The summed E-state index contributed by atoms with van der Waals surface area (Å²) in [6, 6.07) is -0.769. The van der Waals surface area contributed by atoms with Crippen molar-refractivity contribution >= 4 is 12.1 Å². The lowest BCUT2D eigenvalue weighted by Gasteiger charge is -2.34. The first-order valence-electron chi connectivity index (χ1n) is 8.48. The van der Waals surface area contributed by atoms with E-state index in [2.05, 4.69) is 0 Å². The van der Waals surface area contributed by atoms with Crippen LogP contribution in [0.15, 0.2) is 0 Å². The van der Waals surface area contributed by atoms with E-state index in [9.17, 15) is 14.7 Å². The third-order valence-electron chi connectivity index (χ3n) is 4.98. The molecule has 1 heterocycles. The van der Waals surface area contributed by atoms with Gasteiger partial charge in [0, 0.05) is 13.7 Å². The van der Waals surface area contributed by atoms with Crippen LogP contribution in [0.1, 0.15) is 52.9 Å². The molecule has 6 nitrogen and oxygen atoms in total. The fraction of sp³-hybridized carbons (Fsp3) is 0.882. The van der Waals surface area contributed by atoms with E-state index in [0.717, 1.165) is 32.1 Å². The average Bonchev–Trinajstić information content (AvgIpc) is 2.90. The minimum atomic E-state index is -0.924. The van der Waals surface area contributed by atoms with Crippen molar-refractivity contribution in [3.63, 3.8) is 0 Å². The molecule has 0 aromatic heterocycles. The highest BCUT2D eigenvalue weighted by Gasteiger charge is 2.47. The fourth-order valence-corrected chi connectivity index (χ4v) is 3.90. The Balaban J connectivity index is 2.05. The molecule has 1 aliphatic heterocycles. The maximum atomic E-state index is 12.3. The van der Waals surface area contributed by atoms with Crippen LogP contribution in [0.5, 0.6) is 0 Å². The summed E-state index contributed by atoms with van der Waals surface area (Å²) in [5.74, 6) is -0.569. The zero-order chi connectivity index (χ0) is 17.2. The summed E-state index contributed by atoms with van der Waals surface area (Å²) >= 11 is 0. The number of nitrogens with zero attached hydrogens (tertiary/aromatic N) is 1. The highest BCUT2D eigenvalue weighted by molar-refractivity contribution is 5.81. The number of methoxy groups -OCH3 is 1. The van der Waals surface area contributed by atoms with Gasteiger partial charge < -0.3 is 14.6 Å². The van der Waals surface area contributed by atoms with Crippen LogP contribution in [-0.2, 0) is 14.3 Å². The molecule has 1 saturated carbocycles. The van der Waals surface area contributed by atoms with Gasteiger partial charge in [-0.15, -0.1) is 0 Å². The molecular weight excluding hydrogens is 298 g/mol. The summed E-state index contributed by atoms with van der Waals surface area (Å²) in [7, 11) is 1.73. The first-order chi connectivity index (χ1) is 10.7. The zero-order valence-electron chi connectivity index (χ0n) is 14.6. The average molecular weight is 327 g/mol. The van der Waals surface area contributed by atoms with E-state index < -0.39 is 23.7 Å². The third kappa shape index (κ3) is 4.37. The van der Waals surface area contributed by atoms with Crippen molar-refractivity contribution in [3.8, 4) is 0 Å². The Bertz CT molecular complexity index is 437. The summed E-state index contributed by atoms with van der Waals surface area (Å²) in [6.07, 6.45) is 4.38. The van der Waals surface area contributed by atoms with Crippen LogP contribution < -0.4 is 0 Å². The molecule has 1 aliphatic carbocycles. The number of hydrogen-bond acceptors (Lipinski definition) is 4. The highest BCUT2D eigenvalue weighted by Crippen LogP contribution is 2.40. The number of carboxylic acids is 1. The third-order valence-corrected chi connectivity index (χ3v) is 4.98. The SMILES string of the molecule is COC1CCC([C@@H]2CCN(C(=O)OC(C)(C)C)[C@@H]2C(=O)O)CC1.